The molecule has 7 heteroatoms. The minimum atomic E-state index is -4.23. The lowest BCUT2D eigenvalue weighted by Gasteiger charge is -2.39. The maximum atomic E-state index is 12.7. The summed E-state index contributed by atoms with van der Waals surface area (Å²) in [6.45, 7) is 2.21. The highest BCUT2D eigenvalue weighted by molar-refractivity contribution is 5.77. The first-order chi connectivity index (χ1) is 9.71. The Morgan fingerprint density at radius 3 is 2.19 bits per heavy atom. The van der Waals surface area contributed by atoms with Crippen LogP contribution in [-0.4, -0.2) is 64.8 Å². The van der Waals surface area contributed by atoms with E-state index < -0.39 is 17.8 Å². The van der Waals surface area contributed by atoms with Crippen molar-refractivity contribution < 1.29 is 23.1 Å². The van der Waals surface area contributed by atoms with Crippen LogP contribution in [0.25, 0.3) is 0 Å². The van der Waals surface area contributed by atoms with E-state index in [9.17, 15) is 23.1 Å². The number of hydrogen-bond acceptors (Lipinski definition) is 3. The molecule has 1 heterocycles. The Morgan fingerprint density at radius 2 is 1.71 bits per heavy atom. The first-order valence-corrected chi connectivity index (χ1v) is 7.52. The number of amides is 1. The van der Waals surface area contributed by atoms with Gasteiger partial charge in [-0.25, -0.2) is 0 Å². The van der Waals surface area contributed by atoms with E-state index in [0.29, 0.717) is 25.9 Å². The third-order valence-electron chi connectivity index (χ3n) is 4.70. The van der Waals surface area contributed by atoms with Crippen molar-refractivity contribution in [2.45, 2.75) is 56.8 Å². The molecule has 2 fully saturated rings. The summed E-state index contributed by atoms with van der Waals surface area (Å²) in [5.41, 5.74) is -0.895. The normalized spacial score (nSPS) is 25.1. The molecule has 1 atom stereocenters. The van der Waals surface area contributed by atoms with Crippen LogP contribution < -0.4 is 0 Å². The zero-order chi connectivity index (χ0) is 15.7. The predicted molar refractivity (Wildman–Crippen MR) is 71.7 cm³/mol. The number of hydrogen-bond donors (Lipinski definition) is 1. The van der Waals surface area contributed by atoms with Crippen LogP contribution >= 0.6 is 0 Å². The zero-order valence-corrected chi connectivity index (χ0v) is 12.3. The van der Waals surface area contributed by atoms with Gasteiger partial charge in [0.05, 0.1) is 12.0 Å². The number of nitrogens with zero attached hydrogens (tertiary/aromatic N) is 2. The number of carbonyl (C=O) groups excluding carboxylic acids is 1. The SMILES string of the molecule is CC(N1CCN(C(=O)CC2(O)CCCC2)CC1)C(F)(F)F. The van der Waals surface area contributed by atoms with Crippen LogP contribution in [0.2, 0.25) is 0 Å². The highest BCUT2D eigenvalue weighted by Crippen LogP contribution is 2.33. The highest BCUT2D eigenvalue weighted by Gasteiger charge is 2.41. The van der Waals surface area contributed by atoms with E-state index >= 15 is 0 Å². The molecule has 0 aromatic carbocycles. The van der Waals surface area contributed by atoms with E-state index in [4.69, 9.17) is 0 Å². The fourth-order valence-electron chi connectivity index (χ4n) is 3.17. The fraction of sp³-hybridized carbons (Fsp3) is 0.929. The second kappa shape index (κ2) is 6.12. The quantitative estimate of drug-likeness (QED) is 0.864. The van der Waals surface area contributed by atoms with Gasteiger partial charge in [0.25, 0.3) is 0 Å². The minimum absolute atomic E-state index is 0.0990. The summed E-state index contributed by atoms with van der Waals surface area (Å²) in [6, 6.07) is -1.48. The third-order valence-corrected chi connectivity index (χ3v) is 4.70. The van der Waals surface area contributed by atoms with E-state index in [0.717, 1.165) is 19.8 Å². The molecule has 21 heavy (non-hydrogen) atoms. The average molecular weight is 308 g/mol. The molecule has 0 aromatic heterocycles. The van der Waals surface area contributed by atoms with Crippen LogP contribution in [0.5, 0.6) is 0 Å². The number of aliphatic hydroxyl groups is 1. The maximum absolute atomic E-state index is 12.7. The maximum Gasteiger partial charge on any atom is 0.403 e. The molecular weight excluding hydrogens is 285 g/mol. The Hall–Kier alpha value is -0.820. The summed E-state index contributed by atoms with van der Waals surface area (Å²) in [5.74, 6) is -0.140. The van der Waals surface area contributed by atoms with Crippen LogP contribution in [-0.2, 0) is 4.79 Å². The molecule has 1 saturated heterocycles. The van der Waals surface area contributed by atoms with Gasteiger partial charge < -0.3 is 10.0 Å². The highest BCUT2D eigenvalue weighted by atomic mass is 19.4. The Labute approximate surface area is 122 Å². The van der Waals surface area contributed by atoms with Crippen LogP contribution in [0.15, 0.2) is 0 Å². The molecule has 4 nitrogen and oxygen atoms in total. The summed E-state index contributed by atoms with van der Waals surface area (Å²) >= 11 is 0. The molecule has 0 spiro atoms. The molecule has 1 N–H and O–H groups in total. The Morgan fingerprint density at radius 1 is 1.19 bits per heavy atom. The zero-order valence-electron chi connectivity index (χ0n) is 12.3. The van der Waals surface area contributed by atoms with Gasteiger partial charge in [-0.1, -0.05) is 12.8 Å². The minimum Gasteiger partial charge on any atom is -0.389 e. The van der Waals surface area contributed by atoms with Gasteiger partial charge in [-0.2, -0.15) is 13.2 Å². The molecule has 0 aromatic rings. The van der Waals surface area contributed by atoms with Crippen molar-refractivity contribution in [1.29, 1.82) is 0 Å². The summed E-state index contributed by atoms with van der Waals surface area (Å²) in [6.07, 6.45) is -0.984. The Balaban J connectivity index is 1.82. The van der Waals surface area contributed by atoms with E-state index in [-0.39, 0.29) is 25.4 Å². The molecule has 1 aliphatic heterocycles. The number of rotatable bonds is 3. The van der Waals surface area contributed by atoms with Crippen molar-refractivity contribution >= 4 is 5.91 Å². The van der Waals surface area contributed by atoms with Crippen molar-refractivity contribution in [2.75, 3.05) is 26.2 Å². The molecule has 1 unspecified atom stereocenters. The van der Waals surface area contributed by atoms with E-state index in [2.05, 4.69) is 0 Å². The smallest absolute Gasteiger partial charge is 0.389 e. The lowest BCUT2D eigenvalue weighted by molar-refractivity contribution is -0.183. The van der Waals surface area contributed by atoms with Gasteiger partial charge in [0.2, 0.25) is 5.91 Å². The predicted octanol–water partition coefficient (Wildman–Crippen LogP) is 1.78. The van der Waals surface area contributed by atoms with Crippen molar-refractivity contribution in [3.05, 3.63) is 0 Å². The fourth-order valence-corrected chi connectivity index (χ4v) is 3.17. The van der Waals surface area contributed by atoms with Crippen molar-refractivity contribution in [3.8, 4) is 0 Å². The van der Waals surface area contributed by atoms with E-state index in [1.165, 1.54) is 4.90 Å². The van der Waals surface area contributed by atoms with Gasteiger partial charge in [-0.15, -0.1) is 0 Å². The first kappa shape index (κ1) is 16.5. The van der Waals surface area contributed by atoms with Gasteiger partial charge in [-0.05, 0) is 19.8 Å². The molecule has 1 amide bonds. The van der Waals surface area contributed by atoms with Gasteiger partial charge in [-0.3, -0.25) is 9.69 Å². The largest absolute Gasteiger partial charge is 0.403 e. The topological polar surface area (TPSA) is 43.8 Å². The molecular formula is C14H23F3N2O2. The first-order valence-electron chi connectivity index (χ1n) is 7.52. The molecule has 1 aliphatic carbocycles. The summed E-state index contributed by atoms with van der Waals surface area (Å²) in [5, 5.41) is 10.2. The molecule has 122 valence electrons. The summed E-state index contributed by atoms with van der Waals surface area (Å²) in [4.78, 5) is 15.1. The van der Waals surface area contributed by atoms with Crippen LogP contribution in [0.1, 0.15) is 39.0 Å². The second-order valence-corrected chi connectivity index (χ2v) is 6.24. The van der Waals surface area contributed by atoms with E-state index in [1.54, 1.807) is 4.90 Å². The molecule has 0 radical (unpaired) electrons. The van der Waals surface area contributed by atoms with E-state index in [1.807, 2.05) is 0 Å². The Bertz CT molecular complexity index is 373. The molecule has 2 aliphatic rings. The monoisotopic (exact) mass is 308 g/mol. The summed E-state index contributed by atoms with van der Waals surface area (Å²) < 4.78 is 38.0. The number of halogens is 3. The van der Waals surface area contributed by atoms with Crippen LogP contribution in [0, 0.1) is 0 Å². The molecule has 2 rings (SSSR count). The van der Waals surface area contributed by atoms with Crippen molar-refractivity contribution in [3.63, 3.8) is 0 Å². The lowest BCUT2D eigenvalue weighted by Crippen LogP contribution is -2.55. The summed E-state index contributed by atoms with van der Waals surface area (Å²) in [7, 11) is 0. The number of alkyl halides is 3. The van der Waals surface area contributed by atoms with Crippen LogP contribution in [0.4, 0.5) is 13.2 Å². The van der Waals surface area contributed by atoms with Crippen LogP contribution in [0.3, 0.4) is 0 Å². The average Bonchev–Trinajstić information content (AvgIpc) is 2.83. The van der Waals surface area contributed by atoms with Crippen molar-refractivity contribution in [1.82, 2.24) is 9.80 Å². The lowest BCUT2D eigenvalue weighted by atomic mass is 9.97. The van der Waals surface area contributed by atoms with Crippen molar-refractivity contribution in [2.24, 2.45) is 0 Å². The standard InChI is InChI=1S/C14H23F3N2O2/c1-11(14(15,16)17)18-6-8-19(9-7-18)12(20)10-13(21)4-2-3-5-13/h11,21H,2-10H2,1H3. The van der Waals surface area contributed by atoms with Gasteiger partial charge in [0.1, 0.15) is 6.04 Å². The van der Waals surface area contributed by atoms with Gasteiger partial charge in [0, 0.05) is 26.2 Å². The van der Waals surface area contributed by atoms with Gasteiger partial charge in [0.15, 0.2) is 0 Å². The Kier molecular flexibility index (Phi) is 4.82. The number of piperazine rings is 1. The molecule has 0 bridgehead atoms. The third kappa shape index (κ3) is 4.10. The second-order valence-electron chi connectivity index (χ2n) is 6.24. The van der Waals surface area contributed by atoms with Gasteiger partial charge >= 0.3 is 6.18 Å². The molecule has 1 saturated carbocycles. The number of carbonyl (C=O) groups is 1.